The predicted octanol–water partition coefficient (Wildman–Crippen LogP) is 1.93. The predicted molar refractivity (Wildman–Crippen MR) is 88.1 cm³/mol. The monoisotopic (exact) mass is 341 g/mol. The maximum Gasteiger partial charge on any atom is 0.296 e. The first kappa shape index (κ1) is 16.7. The van der Waals surface area contributed by atoms with E-state index in [1.165, 1.54) is 0 Å². The summed E-state index contributed by atoms with van der Waals surface area (Å²) >= 11 is 0. The summed E-state index contributed by atoms with van der Waals surface area (Å²) in [5.41, 5.74) is 1.08. The highest BCUT2D eigenvalue weighted by Gasteiger charge is 2.57. The van der Waals surface area contributed by atoms with Gasteiger partial charge in [-0.1, -0.05) is 60.7 Å². The summed E-state index contributed by atoms with van der Waals surface area (Å²) in [6.07, 6.45) is 0. The molecule has 0 spiro atoms. The van der Waals surface area contributed by atoms with Gasteiger partial charge in [0.25, 0.3) is 17.9 Å². The number of Topliss-reactive ketones (excluding diaryl/α,β-unsaturated/α-hetero) is 1. The molecule has 1 aliphatic rings. The van der Waals surface area contributed by atoms with Crippen molar-refractivity contribution < 1.29 is 14.6 Å². The van der Waals surface area contributed by atoms with Crippen molar-refractivity contribution in [3.8, 4) is 0 Å². The summed E-state index contributed by atoms with van der Waals surface area (Å²) < 4.78 is 0. The molecule has 0 radical (unpaired) electrons. The Hall–Kier alpha value is -3.13. The van der Waals surface area contributed by atoms with E-state index in [1.54, 1.807) is 60.7 Å². The average Bonchev–Trinajstić information content (AvgIpc) is 2.61. The van der Waals surface area contributed by atoms with Gasteiger partial charge in [0, 0.05) is 9.85 Å². The maximum atomic E-state index is 12.7. The summed E-state index contributed by atoms with van der Waals surface area (Å²) in [5.74, 6) is -0.989. The standard InChI is InChI=1S/C17H15N3O5/c21-17-15(19(22)23)13(11-7-3-1-4-8-11)18-14(16(17)20(24)25)12-9-5-2-6-10-12/h1-10,13-16,18H/t13-,14+,15-,16-/m1/s1. The Morgan fingerprint density at radius 3 is 1.40 bits per heavy atom. The molecule has 1 N–H and O–H groups in total. The molecule has 0 bridgehead atoms. The summed E-state index contributed by atoms with van der Waals surface area (Å²) in [5, 5.41) is 25.9. The van der Waals surface area contributed by atoms with E-state index in [0.717, 1.165) is 0 Å². The number of rotatable bonds is 4. The number of carbonyl (C=O) groups is 1. The van der Waals surface area contributed by atoms with Gasteiger partial charge in [0.15, 0.2) is 0 Å². The SMILES string of the molecule is O=C1[C@H]([N+](=O)[O-])[C@@H](c2ccccc2)N[C@@H](c2ccccc2)[C@H]1[N+](=O)[O-]. The molecule has 8 heteroatoms. The Balaban J connectivity index is 2.09. The third kappa shape index (κ3) is 3.11. The van der Waals surface area contributed by atoms with E-state index in [9.17, 15) is 25.0 Å². The van der Waals surface area contributed by atoms with Crippen LogP contribution < -0.4 is 5.32 Å². The highest BCUT2D eigenvalue weighted by atomic mass is 16.6. The Bertz CT molecular complexity index is 731. The molecule has 0 amide bonds. The lowest BCUT2D eigenvalue weighted by Gasteiger charge is -2.33. The van der Waals surface area contributed by atoms with Crippen LogP contribution in [0, 0.1) is 20.2 Å². The van der Waals surface area contributed by atoms with E-state index in [1.807, 2.05) is 0 Å². The first-order valence-corrected chi connectivity index (χ1v) is 7.67. The molecule has 1 aliphatic heterocycles. The summed E-state index contributed by atoms with van der Waals surface area (Å²) in [7, 11) is 0. The van der Waals surface area contributed by atoms with Crippen LogP contribution in [0.1, 0.15) is 23.2 Å². The molecule has 25 heavy (non-hydrogen) atoms. The second-order valence-corrected chi connectivity index (χ2v) is 5.81. The molecule has 0 saturated carbocycles. The number of carbonyl (C=O) groups excluding carboxylic acids is 1. The van der Waals surface area contributed by atoms with Crippen molar-refractivity contribution in [1.82, 2.24) is 5.32 Å². The zero-order valence-corrected chi connectivity index (χ0v) is 13.0. The molecular formula is C17H15N3O5. The van der Waals surface area contributed by atoms with Crippen LogP contribution in [-0.4, -0.2) is 27.7 Å². The van der Waals surface area contributed by atoms with Gasteiger partial charge >= 0.3 is 0 Å². The number of piperidine rings is 1. The molecule has 128 valence electrons. The zero-order valence-electron chi connectivity index (χ0n) is 13.0. The van der Waals surface area contributed by atoms with Crippen LogP contribution in [-0.2, 0) is 4.79 Å². The van der Waals surface area contributed by atoms with Crippen LogP contribution in [0.25, 0.3) is 0 Å². The topological polar surface area (TPSA) is 115 Å². The molecule has 0 aromatic heterocycles. The lowest BCUT2D eigenvalue weighted by Crippen LogP contribution is -2.59. The van der Waals surface area contributed by atoms with Crippen molar-refractivity contribution in [2.45, 2.75) is 24.2 Å². The normalized spacial score (nSPS) is 26.2. The minimum Gasteiger partial charge on any atom is -0.291 e. The molecule has 1 saturated heterocycles. The van der Waals surface area contributed by atoms with Crippen molar-refractivity contribution in [3.05, 3.63) is 92.0 Å². The number of benzene rings is 2. The average molecular weight is 341 g/mol. The van der Waals surface area contributed by atoms with Crippen LogP contribution in [0.15, 0.2) is 60.7 Å². The minimum absolute atomic E-state index is 0.542. The van der Waals surface area contributed by atoms with E-state index < -0.39 is 39.8 Å². The third-order valence-corrected chi connectivity index (χ3v) is 4.35. The van der Waals surface area contributed by atoms with Crippen molar-refractivity contribution in [3.63, 3.8) is 0 Å². The summed E-state index contributed by atoms with van der Waals surface area (Å²) in [6.45, 7) is 0. The van der Waals surface area contributed by atoms with Crippen LogP contribution >= 0.6 is 0 Å². The van der Waals surface area contributed by atoms with Crippen molar-refractivity contribution in [2.75, 3.05) is 0 Å². The quantitative estimate of drug-likeness (QED) is 0.671. The van der Waals surface area contributed by atoms with Gasteiger partial charge in [0.1, 0.15) is 12.1 Å². The van der Waals surface area contributed by atoms with Gasteiger partial charge in [-0.25, -0.2) is 0 Å². The number of ketones is 1. The molecule has 0 aliphatic carbocycles. The van der Waals surface area contributed by atoms with E-state index in [-0.39, 0.29) is 0 Å². The van der Waals surface area contributed by atoms with E-state index in [4.69, 9.17) is 0 Å². The minimum atomic E-state index is -1.71. The first-order chi connectivity index (χ1) is 12.0. The van der Waals surface area contributed by atoms with Crippen LogP contribution in [0.4, 0.5) is 0 Å². The van der Waals surface area contributed by atoms with Gasteiger partial charge in [0.2, 0.25) is 0 Å². The van der Waals surface area contributed by atoms with Crippen molar-refractivity contribution >= 4 is 5.78 Å². The van der Waals surface area contributed by atoms with E-state index in [0.29, 0.717) is 11.1 Å². The van der Waals surface area contributed by atoms with Gasteiger partial charge in [-0.05, 0) is 11.1 Å². The molecule has 1 fully saturated rings. The zero-order chi connectivity index (χ0) is 18.0. The molecule has 1 heterocycles. The van der Waals surface area contributed by atoms with Gasteiger partial charge in [-0.3, -0.25) is 30.3 Å². The van der Waals surface area contributed by atoms with Crippen LogP contribution in [0.3, 0.4) is 0 Å². The molecule has 0 unspecified atom stereocenters. The summed E-state index contributed by atoms with van der Waals surface area (Å²) in [6, 6.07) is 11.7. The largest absolute Gasteiger partial charge is 0.296 e. The van der Waals surface area contributed by atoms with Crippen LogP contribution in [0.5, 0.6) is 0 Å². The molecule has 2 aromatic carbocycles. The van der Waals surface area contributed by atoms with Gasteiger partial charge in [-0.15, -0.1) is 0 Å². The van der Waals surface area contributed by atoms with Crippen molar-refractivity contribution in [2.24, 2.45) is 0 Å². The van der Waals surface area contributed by atoms with Gasteiger partial charge in [0.05, 0.1) is 0 Å². The molecule has 2 aromatic rings. The fraction of sp³-hybridized carbons (Fsp3) is 0.235. The van der Waals surface area contributed by atoms with Crippen LogP contribution in [0.2, 0.25) is 0 Å². The Morgan fingerprint density at radius 1 is 0.720 bits per heavy atom. The fourth-order valence-corrected chi connectivity index (χ4v) is 3.21. The number of nitrogens with zero attached hydrogens (tertiary/aromatic N) is 2. The lowest BCUT2D eigenvalue weighted by atomic mass is 9.82. The first-order valence-electron chi connectivity index (χ1n) is 7.67. The van der Waals surface area contributed by atoms with E-state index >= 15 is 0 Å². The smallest absolute Gasteiger partial charge is 0.291 e. The highest BCUT2D eigenvalue weighted by molar-refractivity contribution is 5.89. The Labute approximate surface area is 142 Å². The van der Waals surface area contributed by atoms with Crippen molar-refractivity contribution in [1.29, 1.82) is 0 Å². The molecule has 3 rings (SSSR count). The fourth-order valence-electron chi connectivity index (χ4n) is 3.21. The number of hydrogen-bond donors (Lipinski definition) is 1. The molecule has 4 atom stereocenters. The molecule has 8 nitrogen and oxygen atoms in total. The third-order valence-electron chi connectivity index (χ3n) is 4.35. The lowest BCUT2D eigenvalue weighted by molar-refractivity contribution is -0.544. The second-order valence-electron chi connectivity index (χ2n) is 5.81. The maximum absolute atomic E-state index is 12.7. The number of hydrogen-bond acceptors (Lipinski definition) is 6. The Kier molecular flexibility index (Phi) is 4.53. The number of nitrogens with one attached hydrogen (secondary N) is 1. The van der Waals surface area contributed by atoms with Gasteiger partial charge < -0.3 is 0 Å². The number of nitro groups is 2. The molecular weight excluding hydrogens is 326 g/mol. The van der Waals surface area contributed by atoms with Gasteiger partial charge in [-0.2, -0.15) is 0 Å². The summed E-state index contributed by atoms with van der Waals surface area (Å²) in [4.78, 5) is 34.1. The highest BCUT2D eigenvalue weighted by Crippen LogP contribution is 2.34. The second kappa shape index (κ2) is 6.78. The van der Waals surface area contributed by atoms with E-state index in [2.05, 4.69) is 5.32 Å². The Morgan fingerprint density at radius 2 is 1.08 bits per heavy atom.